The van der Waals surface area contributed by atoms with Crippen LogP contribution in [-0.2, 0) is 5.41 Å². The minimum absolute atomic E-state index is 0.137. The molecule has 0 atom stereocenters. The van der Waals surface area contributed by atoms with Crippen molar-refractivity contribution in [1.29, 1.82) is 0 Å². The molecular formula is C22H22F8O2. The van der Waals surface area contributed by atoms with Crippen molar-refractivity contribution in [2.45, 2.75) is 57.7 Å². The van der Waals surface area contributed by atoms with Gasteiger partial charge in [0.2, 0.25) is 0 Å². The van der Waals surface area contributed by atoms with Crippen molar-refractivity contribution in [1.82, 2.24) is 0 Å². The molecule has 0 aliphatic heterocycles. The van der Waals surface area contributed by atoms with Crippen LogP contribution in [0.2, 0.25) is 0 Å². The molecule has 0 bridgehead atoms. The zero-order valence-electron chi connectivity index (χ0n) is 17.4. The zero-order chi connectivity index (χ0) is 24.3. The third kappa shape index (κ3) is 6.04. The van der Waals surface area contributed by atoms with Gasteiger partial charge in [-0.15, -0.1) is 0 Å². The molecule has 0 saturated heterocycles. The lowest BCUT2D eigenvalue weighted by molar-refractivity contribution is -0.253. The summed E-state index contributed by atoms with van der Waals surface area (Å²) in [4.78, 5) is 0. The maximum Gasteiger partial charge on any atom is 0.461 e. The maximum atomic E-state index is 13.1. The van der Waals surface area contributed by atoms with Crippen LogP contribution in [0.3, 0.4) is 0 Å². The quantitative estimate of drug-likeness (QED) is 0.335. The van der Waals surface area contributed by atoms with Crippen LogP contribution in [0.5, 0.6) is 11.5 Å². The highest BCUT2D eigenvalue weighted by atomic mass is 19.3. The minimum atomic E-state index is -4.64. The van der Waals surface area contributed by atoms with Crippen molar-refractivity contribution in [3.63, 3.8) is 0 Å². The largest absolute Gasteiger partial charge is 0.461 e. The van der Waals surface area contributed by atoms with Crippen molar-refractivity contribution in [2.75, 3.05) is 0 Å². The van der Waals surface area contributed by atoms with E-state index in [0.29, 0.717) is 17.5 Å². The summed E-state index contributed by atoms with van der Waals surface area (Å²) in [5.74, 6) is -0.772. The van der Waals surface area contributed by atoms with Gasteiger partial charge in [-0.25, -0.2) is 0 Å². The van der Waals surface area contributed by atoms with Crippen LogP contribution in [-0.4, -0.2) is 25.1 Å². The summed E-state index contributed by atoms with van der Waals surface area (Å²) >= 11 is 0. The molecule has 10 heteroatoms. The fourth-order valence-corrected chi connectivity index (χ4v) is 3.40. The SMILES string of the molecule is CC(C)CC(C)(c1ccc(OC(F)(F)C(F)F)cc1)c1ccc(OC(F)(F)C(F)F)cc1. The molecule has 0 fully saturated rings. The number of hydrogen-bond donors (Lipinski definition) is 0. The van der Waals surface area contributed by atoms with Crippen LogP contribution in [0.4, 0.5) is 35.1 Å². The molecule has 0 unspecified atom stereocenters. The molecule has 0 saturated carbocycles. The van der Waals surface area contributed by atoms with Gasteiger partial charge in [0.15, 0.2) is 0 Å². The van der Waals surface area contributed by atoms with Crippen molar-refractivity contribution < 1.29 is 44.6 Å². The van der Waals surface area contributed by atoms with Crippen molar-refractivity contribution >= 4 is 0 Å². The van der Waals surface area contributed by atoms with Crippen LogP contribution in [0.1, 0.15) is 38.3 Å². The van der Waals surface area contributed by atoms with E-state index >= 15 is 0 Å². The minimum Gasteiger partial charge on any atom is -0.428 e. The van der Waals surface area contributed by atoms with E-state index < -0.39 is 42.0 Å². The van der Waals surface area contributed by atoms with Crippen molar-refractivity contribution in [2.24, 2.45) is 5.92 Å². The molecule has 0 amide bonds. The fraction of sp³-hybridized carbons (Fsp3) is 0.455. The van der Waals surface area contributed by atoms with E-state index in [-0.39, 0.29) is 5.92 Å². The van der Waals surface area contributed by atoms with Gasteiger partial charge in [-0.1, -0.05) is 45.0 Å². The van der Waals surface area contributed by atoms with Gasteiger partial charge in [0.05, 0.1) is 0 Å². The number of halogens is 8. The molecule has 2 nitrogen and oxygen atoms in total. The van der Waals surface area contributed by atoms with Crippen molar-refractivity contribution in [3.05, 3.63) is 59.7 Å². The second-order valence-electron chi connectivity index (χ2n) is 7.91. The lowest BCUT2D eigenvalue weighted by Gasteiger charge is -2.33. The number of alkyl halides is 8. The highest BCUT2D eigenvalue weighted by Crippen LogP contribution is 2.40. The van der Waals surface area contributed by atoms with Gasteiger partial charge in [0, 0.05) is 5.41 Å². The molecule has 2 aromatic rings. The van der Waals surface area contributed by atoms with Gasteiger partial charge in [0.25, 0.3) is 0 Å². The summed E-state index contributed by atoms with van der Waals surface area (Å²) in [6.07, 6.45) is -16.7. The molecule has 0 radical (unpaired) electrons. The first-order valence-corrected chi connectivity index (χ1v) is 9.58. The van der Waals surface area contributed by atoms with Crippen molar-refractivity contribution in [3.8, 4) is 11.5 Å². The predicted octanol–water partition coefficient (Wildman–Crippen LogP) is 7.51. The van der Waals surface area contributed by atoms with E-state index in [9.17, 15) is 35.1 Å². The molecule has 0 aliphatic carbocycles. The molecule has 0 aliphatic rings. The monoisotopic (exact) mass is 470 g/mol. The zero-order valence-corrected chi connectivity index (χ0v) is 17.4. The smallest absolute Gasteiger partial charge is 0.428 e. The van der Waals surface area contributed by atoms with Crippen LogP contribution >= 0.6 is 0 Å². The second-order valence-corrected chi connectivity index (χ2v) is 7.91. The highest BCUT2D eigenvalue weighted by Gasteiger charge is 2.45. The fourth-order valence-electron chi connectivity index (χ4n) is 3.40. The third-order valence-corrected chi connectivity index (χ3v) is 4.82. The van der Waals surface area contributed by atoms with Gasteiger partial charge in [-0.2, -0.15) is 35.1 Å². The molecule has 0 N–H and O–H groups in total. The molecule has 2 aromatic carbocycles. The van der Waals surface area contributed by atoms with Crippen LogP contribution in [0.25, 0.3) is 0 Å². The van der Waals surface area contributed by atoms with Gasteiger partial charge in [-0.05, 0) is 47.7 Å². The molecule has 32 heavy (non-hydrogen) atoms. The second kappa shape index (κ2) is 9.54. The Morgan fingerprint density at radius 3 is 1.22 bits per heavy atom. The lowest BCUT2D eigenvalue weighted by atomic mass is 9.71. The summed E-state index contributed by atoms with van der Waals surface area (Å²) in [7, 11) is 0. The summed E-state index contributed by atoms with van der Waals surface area (Å²) in [6.45, 7) is 5.68. The molecule has 2 rings (SSSR count). The normalized spacial score (nSPS) is 13.2. The summed E-state index contributed by atoms with van der Waals surface area (Å²) in [5, 5.41) is 0. The molecule has 0 aromatic heterocycles. The van der Waals surface area contributed by atoms with E-state index in [4.69, 9.17) is 0 Å². The Balaban J connectivity index is 2.34. The number of rotatable bonds is 10. The van der Waals surface area contributed by atoms with Crippen LogP contribution in [0.15, 0.2) is 48.5 Å². The van der Waals surface area contributed by atoms with Gasteiger partial charge >= 0.3 is 25.1 Å². The number of hydrogen-bond acceptors (Lipinski definition) is 2. The Hall–Kier alpha value is -2.52. The van der Waals surface area contributed by atoms with E-state index in [1.165, 1.54) is 24.3 Å². The number of benzene rings is 2. The predicted molar refractivity (Wildman–Crippen MR) is 102 cm³/mol. The lowest BCUT2D eigenvalue weighted by Crippen LogP contribution is -2.33. The van der Waals surface area contributed by atoms with Gasteiger partial charge < -0.3 is 9.47 Å². The first kappa shape index (κ1) is 25.7. The first-order valence-electron chi connectivity index (χ1n) is 9.58. The highest BCUT2D eigenvalue weighted by molar-refractivity contribution is 5.42. The van der Waals surface area contributed by atoms with E-state index in [1.807, 2.05) is 20.8 Å². The Kier molecular flexibility index (Phi) is 7.67. The average Bonchev–Trinajstić information content (AvgIpc) is 2.67. The van der Waals surface area contributed by atoms with Gasteiger partial charge in [-0.3, -0.25) is 0 Å². The first-order chi connectivity index (χ1) is 14.7. The summed E-state index contributed by atoms with van der Waals surface area (Å²) in [6, 6.07) is 10.3. The summed E-state index contributed by atoms with van der Waals surface area (Å²) in [5.41, 5.74) is 0.484. The Labute approximate surface area is 180 Å². The Morgan fingerprint density at radius 2 is 0.969 bits per heavy atom. The van der Waals surface area contributed by atoms with Gasteiger partial charge in [0.1, 0.15) is 11.5 Å². The van der Waals surface area contributed by atoms with E-state index in [1.54, 1.807) is 0 Å². The maximum absolute atomic E-state index is 13.1. The summed E-state index contributed by atoms with van der Waals surface area (Å²) < 4.78 is 110. The standard InChI is InChI=1S/C22H22F8O2/c1-13(2)12-20(3,14-4-8-16(9-5-14)31-21(27,28)18(23)24)15-6-10-17(11-7-15)32-22(29,30)19(25)26/h4-11,13,18-19H,12H2,1-3H3. The third-order valence-electron chi connectivity index (χ3n) is 4.82. The molecule has 0 spiro atoms. The molecule has 0 heterocycles. The molecular weight excluding hydrogens is 448 g/mol. The molecule has 178 valence electrons. The topological polar surface area (TPSA) is 18.5 Å². The van der Waals surface area contributed by atoms with Crippen LogP contribution < -0.4 is 9.47 Å². The average molecular weight is 470 g/mol. The number of ether oxygens (including phenoxy) is 2. The van der Waals surface area contributed by atoms with E-state index in [2.05, 4.69) is 9.47 Å². The van der Waals surface area contributed by atoms with Crippen LogP contribution in [0, 0.1) is 5.92 Å². The Bertz CT molecular complexity index is 799. The van der Waals surface area contributed by atoms with E-state index in [0.717, 1.165) is 24.3 Å². The Morgan fingerprint density at radius 1 is 0.656 bits per heavy atom.